The first kappa shape index (κ1) is 19.7. The number of hydrogen-bond acceptors (Lipinski definition) is 6. The van der Waals surface area contributed by atoms with Gasteiger partial charge in [-0.3, -0.25) is 4.79 Å². The molecule has 9 heteroatoms. The Morgan fingerprint density at radius 1 is 1.35 bits per heavy atom. The molecule has 0 saturated carbocycles. The molecule has 0 radical (unpaired) electrons. The van der Waals surface area contributed by atoms with Crippen LogP contribution in [0.2, 0.25) is 0 Å². The summed E-state index contributed by atoms with van der Waals surface area (Å²) in [5.41, 5.74) is 2.02. The normalized spacial score (nSPS) is 15.9. The van der Waals surface area contributed by atoms with E-state index in [9.17, 15) is 9.59 Å². The molecule has 3 aromatic heterocycles. The number of para-hydroxylation sites is 2. The van der Waals surface area contributed by atoms with Gasteiger partial charge in [0, 0.05) is 4.88 Å². The molecule has 0 spiro atoms. The zero-order valence-corrected chi connectivity index (χ0v) is 18.2. The first-order valence-corrected chi connectivity index (χ1v) is 11.3. The van der Waals surface area contributed by atoms with E-state index >= 15 is 0 Å². The van der Waals surface area contributed by atoms with Gasteiger partial charge in [0.25, 0.3) is 0 Å². The van der Waals surface area contributed by atoms with Gasteiger partial charge in [-0.25, -0.2) is 18.9 Å². The fourth-order valence-electron chi connectivity index (χ4n) is 4.14. The number of hydrogen-bond donors (Lipinski definition) is 1. The van der Waals surface area contributed by atoms with E-state index in [-0.39, 0.29) is 18.1 Å². The summed E-state index contributed by atoms with van der Waals surface area (Å²) in [6.07, 6.45) is 4.63. The number of ether oxygens (including phenoxy) is 1. The SMILES string of the molecule is CCOc1ccccc1NC(=O)Cn1nc2c3c4c(sc3ncn2c1=O)CC(C)CC4. The standard InChI is InChI=1S/C22H23N5O3S/c1-3-30-16-7-5-4-6-15(16)24-18(28)11-27-22(29)26-12-23-21-19(20(26)25-27)14-9-8-13(2)10-17(14)31-21/h4-7,12-13H,3,8-11H2,1-2H3,(H,24,28). The summed E-state index contributed by atoms with van der Waals surface area (Å²) < 4.78 is 8.19. The average Bonchev–Trinajstić information content (AvgIpc) is 3.26. The number of nitrogens with zero attached hydrogens (tertiary/aromatic N) is 4. The summed E-state index contributed by atoms with van der Waals surface area (Å²) in [5, 5.41) is 8.29. The van der Waals surface area contributed by atoms with Crippen molar-refractivity contribution in [2.45, 2.75) is 39.7 Å². The molecule has 0 saturated heterocycles. The number of amides is 1. The first-order chi connectivity index (χ1) is 15.0. The Hall–Kier alpha value is -3.20. The van der Waals surface area contributed by atoms with E-state index in [0.717, 1.165) is 29.5 Å². The second-order valence-corrected chi connectivity index (χ2v) is 8.97. The number of carbonyl (C=O) groups is 1. The number of aromatic nitrogens is 4. The minimum absolute atomic E-state index is 0.189. The van der Waals surface area contributed by atoms with E-state index in [1.165, 1.54) is 25.9 Å². The highest BCUT2D eigenvalue weighted by atomic mass is 32.1. The van der Waals surface area contributed by atoms with Crippen LogP contribution in [0.5, 0.6) is 5.75 Å². The van der Waals surface area contributed by atoms with Crippen LogP contribution in [0.4, 0.5) is 5.69 Å². The topological polar surface area (TPSA) is 90.5 Å². The van der Waals surface area contributed by atoms with Crippen LogP contribution >= 0.6 is 11.3 Å². The Morgan fingerprint density at radius 2 is 2.19 bits per heavy atom. The third kappa shape index (κ3) is 3.48. The molecule has 1 aliphatic carbocycles. The highest BCUT2D eigenvalue weighted by Crippen LogP contribution is 2.38. The Bertz CT molecular complexity index is 1350. The largest absolute Gasteiger partial charge is 0.492 e. The second-order valence-electron chi connectivity index (χ2n) is 7.89. The number of carbonyl (C=O) groups excluding carboxylic acids is 1. The lowest BCUT2D eigenvalue weighted by atomic mass is 9.89. The molecule has 1 aliphatic rings. The zero-order chi connectivity index (χ0) is 21.5. The van der Waals surface area contributed by atoms with Crippen LogP contribution in [0.25, 0.3) is 15.9 Å². The molecule has 5 rings (SSSR count). The molecule has 1 aromatic carbocycles. The number of anilines is 1. The van der Waals surface area contributed by atoms with Gasteiger partial charge in [0.2, 0.25) is 5.91 Å². The lowest BCUT2D eigenvalue weighted by Gasteiger charge is -2.17. The maximum atomic E-state index is 12.9. The summed E-state index contributed by atoms with van der Waals surface area (Å²) >= 11 is 1.69. The van der Waals surface area contributed by atoms with Crippen molar-refractivity contribution in [3.8, 4) is 5.75 Å². The van der Waals surface area contributed by atoms with Crippen molar-refractivity contribution in [2.75, 3.05) is 11.9 Å². The second kappa shape index (κ2) is 7.81. The van der Waals surface area contributed by atoms with Crippen molar-refractivity contribution in [3.63, 3.8) is 0 Å². The Morgan fingerprint density at radius 3 is 3.03 bits per heavy atom. The minimum Gasteiger partial charge on any atom is -0.492 e. The minimum atomic E-state index is -0.373. The molecule has 1 N–H and O–H groups in total. The van der Waals surface area contributed by atoms with Gasteiger partial charge in [0.1, 0.15) is 23.5 Å². The molecule has 0 bridgehead atoms. The molecular formula is C22H23N5O3S. The number of benzene rings is 1. The van der Waals surface area contributed by atoms with Crippen LogP contribution in [-0.2, 0) is 24.2 Å². The lowest BCUT2D eigenvalue weighted by Crippen LogP contribution is -2.28. The van der Waals surface area contributed by atoms with Crippen LogP contribution in [0.15, 0.2) is 35.4 Å². The molecule has 1 atom stereocenters. The molecule has 0 fully saturated rings. The van der Waals surface area contributed by atoms with Gasteiger partial charge >= 0.3 is 5.69 Å². The molecule has 1 amide bonds. The predicted octanol–water partition coefficient (Wildman–Crippen LogP) is 3.27. The van der Waals surface area contributed by atoms with Crippen LogP contribution in [-0.4, -0.2) is 31.7 Å². The molecular weight excluding hydrogens is 414 g/mol. The summed E-state index contributed by atoms with van der Waals surface area (Å²) in [4.78, 5) is 32.3. The molecule has 31 heavy (non-hydrogen) atoms. The average molecular weight is 438 g/mol. The summed E-state index contributed by atoms with van der Waals surface area (Å²) in [7, 11) is 0. The van der Waals surface area contributed by atoms with Crippen LogP contribution in [0.3, 0.4) is 0 Å². The number of nitrogens with one attached hydrogen (secondary N) is 1. The number of rotatable bonds is 5. The highest BCUT2D eigenvalue weighted by Gasteiger charge is 2.24. The number of aryl methyl sites for hydroxylation is 1. The van der Waals surface area contributed by atoms with E-state index in [0.29, 0.717) is 29.6 Å². The van der Waals surface area contributed by atoms with Crippen molar-refractivity contribution in [3.05, 3.63) is 51.5 Å². The van der Waals surface area contributed by atoms with Gasteiger partial charge < -0.3 is 10.1 Å². The zero-order valence-electron chi connectivity index (χ0n) is 17.4. The van der Waals surface area contributed by atoms with Gasteiger partial charge in [0.15, 0.2) is 5.65 Å². The third-order valence-corrected chi connectivity index (χ3v) is 6.79. The third-order valence-electron chi connectivity index (χ3n) is 5.63. The molecule has 3 heterocycles. The van der Waals surface area contributed by atoms with Crippen molar-refractivity contribution in [2.24, 2.45) is 5.92 Å². The molecule has 4 aromatic rings. The lowest BCUT2D eigenvalue weighted by molar-refractivity contribution is -0.117. The Kier molecular flexibility index (Phi) is 4.97. The van der Waals surface area contributed by atoms with Crippen LogP contribution in [0.1, 0.15) is 30.7 Å². The van der Waals surface area contributed by atoms with E-state index in [4.69, 9.17) is 4.74 Å². The summed E-state index contributed by atoms with van der Waals surface area (Å²) in [5.74, 6) is 0.897. The monoisotopic (exact) mass is 437 g/mol. The van der Waals surface area contributed by atoms with Gasteiger partial charge in [-0.2, -0.15) is 0 Å². The van der Waals surface area contributed by atoms with Crippen LogP contribution in [0, 0.1) is 5.92 Å². The number of fused-ring (bicyclic) bond motifs is 5. The highest BCUT2D eigenvalue weighted by molar-refractivity contribution is 7.19. The molecule has 1 unspecified atom stereocenters. The van der Waals surface area contributed by atoms with E-state index in [2.05, 4.69) is 22.3 Å². The van der Waals surface area contributed by atoms with Crippen molar-refractivity contribution in [1.29, 1.82) is 0 Å². The van der Waals surface area contributed by atoms with Gasteiger partial charge in [-0.1, -0.05) is 19.1 Å². The smallest absolute Gasteiger partial charge is 0.352 e. The fraction of sp³-hybridized carbons (Fsp3) is 0.364. The Balaban J connectivity index is 1.48. The van der Waals surface area contributed by atoms with E-state index < -0.39 is 0 Å². The molecule has 160 valence electrons. The fourth-order valence-corrected chi connectivity index (χ4v) is 5.49. The predicted molar refractivity (Wildman–Crippen MR) is 120 cm³/mol. The maximum absolute atomic E-state index is 12.9. The Labute approximate surface area is 182 Å². The van der Waals surface area contributed by atoms with E-state index in [1.807, 2.05) is 19.1 Å². The summed E-state index contributed by atoms with van der Waals surface area (Å²) in [6, 6.07) is 7.21. The van der Waals surface area contributed by atoms with Crippen molar-refractivity contribution >= 4 is 38.8 Å². The summed E-state index contributed by atoms with van der Waals surface area (Å²) in [6.45, 7) is 4.45. The van der Waals surface area contributed by atoms with Gasteiger partial charge in [-0.15, -0.1) is 16.4 Å². The van der Waals surface area contributed by atoms with Crippen LogP contribution < -0.4 is 15.7 Å². The van der Waals surface area contributed by atoms with Crippen molar-refractivity contribution < 1.29 is 9.53 Å². The molecule has 8 nitrogen and oxygen atoms in total. The molecule has 0 aliphatic heterocycles. The maximum Gasteiger partial charge on any atom is 0.352 e. The quantitative estimate of drug-likeness (QED) is 0.518. The van der Waals surface area contributed by atoms with Gasteiger partial charge in [0.05, 0.1) is 17.7 Å². The van der Waals surface area contributed by atoms with Gasteiger partial charge in [-0.05, 0) is 49.8 Å². The van der Waals surface area contributed by atoms with Crippen molar-refractivity contribution in [1.82, 2.24) is 19.2 Å². The van der Waals surface area contributed by atoms with E-state index in [1.54, 1.807) is 23.5 Å². The number of thiophene rings is 1. The first-order valence-electron chi connectivity index (χ1n) is 10.4.